The van der Waals surface area contributed by atoms with Gasteiger partial charge < -0.3 is 21.2 Å². The maximum absolute atomic E-state index is 7.68. The fourth-order valence-electron chi connectivity index (χ4n) is 3.58. The molecule has 31 heavy (non-hydrogen) atoms. The topological polar surface area (TPSA) is 100 Å². The third kappa shape index (κ3) is 4.89. The Labute approximate surface area is 181 Å². The molecule has 0 amide bonds. The SMILES string of the molecule is C#Cc1ccc2nc(Nc3cc(CN4CCOCC4)cc(/C(C=N)=C/N)c3)ncc2c1. The van der Waals surface area contributed by atoms with Gasteiger partial charge in [0.2, 0.25) is 5.95 Å². The lowest BCUT2D eigenvalue weighted by atomic mass is 10.0. The number of nitrogens with one attached hydrogen (secondary N) is 2. The van der Waals surface area contributed by atoms with Crippen LogP contribution in [0.3, 0.4) is 0 Å². The number of hydrogen-bond donors (Lipinski definition) is 3. The van der Waals surface area contributed by atoms with Crippen LogP contribution in [-0.2, 0) is 11.3 Å². The number of benzene rings is 2. The summed E-state index contributed by atoms with van der Waals surface area (Å²) in [5, 5.41) is 11.9. The van der Waals surface area contributed by atoms with Crippen molar-refractivity contribution in [1.82, 2.24) is 14.9 Å². The fourth-order valence-corrected chi connectivity index (χ4v) is 3.58. The Kier molecular flexibility index (Phi) is 6.22. The number of allylic oxidation sites excluding steroid dienone is 1. The molecule has 0 spiro atoms. The van der Waals surface area contributed by atoms with Gasteiger partial charge in [0.1, 0.15) is 0 Å². The molecule has 1 aromatic heterocycles. The lowest BCUT2D eigenvalue weighted by Crippen LogP contribution is -2.35. The number of nitrogens with zero attached hydrogens (tertiary/aromatic N) is 3. The van der Waals surface area contributed by atoms with E-state index in [1.165, 1.54) is 12.4 Å². The van der Waals surface area contributed by atoms with E-state index in [0.29, 0.717) is 11.5 Å². The standard InChI is InChI=1S/C24H24N6O/c1-2-17-3-4-23-20(9-17)15-27-24(29-23)28-22-11-18(16-30-5-7-31-8-6-30)10-19(12-22)21(13-25)14-26/h1,3-4,9-15,25H,5-8,16,26H2,(H,27,28,29)/b21-14+,25-13?. The highest BCUT2D eigenvalue weighted by molar-refractivity contribution is 6.08. The van der Waals surface area contributed by atoms with Crippen molar-refractivity contribution in [1.29, 1.82) is 5.41 Å². The van der Waals surface area contributed by atoms with Crippen LogP contribution in [-0.4, -0.2) is 47.4 Å². The van der Waals surface area contributed by atoms with E-state index in [4.69, 9.17) is 22.3 Å². The minimum atomic E-state index is 0.489. The van der Waals surface area contributed by atoms with E-state index in [0.717, 1.165) is 66.1 Å². The number of ether oxygens (including phenoxy) is 1. The van der Waals surface area contributed by atoms with Crippen LogP contribution in [0.2, 0.25) is 0 Å². The molecule has 7 heteroatoms. The molecule has 4 N–H and O–H groups in total. The van der Waals surface area contributed by atoms with Crippen LogP contribution in [0.1, 0.15) is 16.7 Å². The number of nitrogens with two attached hydrogens (primary N) is 1. The summed E-state index contributed by atoms with van der Waals surface area (Å²) in [7, 11) is 0. The summed E-state index contributed by atoms with van der Waals surface area (Å²) in [5.74, 6) is 3.11. The molecule has 7 nitrogen and oxygen atoms in total. The fraction of sp³-hybridized carbons (Fsp3) is 0.208. The Bertz CT molecular complexity index is 1170. The van der Waals surface area contributed by atoms with Crippen molar-refractivity contribution in [3.8, 4) is 12.3 Å². The second-order valence-corrected chi connectivity index (χ2v) is 7.31. The van der Waals surface area contributed by atoms with Crippen LogP contribution in [0.4, 0.5) is 11.6 Å². The van der Waals surface area contributed by atoms with Crippen LogP contribution < -0.4 is 11.1 Å². The first kappa shape index (κ1) is 20.5. The van der Waals surface area contributed by atoms with Crippen LogP contribution in [0.15, 0.2) is 48.8 Å². The van der Waals surface area contributed by atoms with Crippen molar-refractivity contribution in [2.45, 2.75) is 6.54 Å². The molecule has 0 saturated carbocycles. The van der Waals surface area contributed by atoms with Gasteiger partial charge in [-0.15, -0.1) is 6.42 Å². The molecule has 2 heterocycles. The summed E-state index contributed by atoms with van der Waals surface area (Å²) in [4.78, 5) is 11.4. The minimum Gasteiger partial charge on any atom is -0.404 e. The average Bonchev–Trinajstić information content (AvgIpc) is 2.80. The summed E-state index contributed by atoms with van der Waals surface area (Å²) >= 11 is 0. The van der Waals surface area contributed by atoms with Gasteiger partial charge in [0.15, 0.2) is 0 Å². The summed E-state index contributed by atoms with van der Waals surface area (Å²) in [6, 6.07) is 11.7. The Hall–Kier alpha value is -3.73. The van der Waals surface area contributed by atoms with Crippen molar-refractivity contribution in [3.63, 3.8) is 0 Å². The third-order valence-corrected chi connectivity index (χ3v) is 5.17. The molecule has 0 aliphatic carbocycles. The van der Waals surface area contributed by atoms with Gasteiger partial charge in [-0.05, 0) is 47.5 Å². The lowest BCUT2D eigenvalue weighted by molar-refractivity contribution is 0.0342. The van der Waals surface area contributed by atoms with Crippen LogP contribution in [0, 0.1) is 17.8 Å². The quantitative estimate of drug-likeness (QED) is 0.425. The first-order chi connectivity index (χ1) is 15.2. The van der Waals surface area contributed by atoms with Gasteiger partial charge in [-0.1, -0.05) is 5.92 Å². The Balaban J connectivity index is 1.65. The van der Waals surface area contributed by atoms with E-state index >= 15 is 0 Å². The maximum atomic E-state index is 7.68. The monoisotopic (exact) mass is 412 g/mol. The first-order valence-electron chi connectivity index (χ1n) is 10.1. The van der Waals surface area contributed by atoms with Gasteiger partial charge in [-0.25, -0.2) is 9.97 Å². The largest absolute Gasteiger partial charge is 0.404 e. The zero-order chi connectivity index (χ0) is 21.6. The number of terminal acetylenes is 1. The minimum absolute atomic E-state index is 0.489. The van der Waals surface area contributed by atoms with Gasteiger partial charge in [-0.2, -0.15) is 0 Å². The van der Waals surface area contributed by atoms with Crippen LogP contribution in [0.25, 0.3) is 16.5 Å². The number of hydrogen-bond acceptors (Lipinski definition) is 7. The molecular formula is C24H24N6O. The molecule has 0 atom stereocenters. The number of anilines is 2. The third-order valence-electron chi connectivity index (χ3n) is 5.17. The number of aromatic nitrogens is 2. The molecule has 0 bridgehead atoms. The molecule has 2 aromatic carbocycles. The van der Waals surface area contributed by atoms with E-state index in [-0.39, 0.29) is 0 Å². The van der Waals surface area contributed by atoms with Crippen molar-refractivity contribution in [2.24, 2.45) is 5.73 Å². The van der Waals surface area contributed by atoms with Gasteiger partial charge in [0, 0.05) is 60.5 Å². The molecular weight excluding hydrogens is 388 g/mol. The van der Waals surface area contributed by atoms with Crippen LogP contribution in [0.5, 0.6) is 0 Å². The zero-order valence-corrected chi connectivity index (χ0v) is 17.1. The Morgan fingerprint density at radius 3 is 2.84 bits per heavy atom. The summed E-state index contributed by atoms with van der Waals surface area (Å²) in [5.41, 5.74) is 10.8. The molecule has 1 aliphatic heterocycles. The highest BCUT2D eigenvalue weighted by atomic mass is 16.5. The maximum Gasteiger partial charge on any atom is 0.227 e. The van der Waals surface area contributed by atoms with Gasteiger partial charge in [0.25, 0.3) is 0 Å². The lowest BCUT2D eigenvalue weighted by Gasteiger charge is -2.27. The molecule has 1 aliphatic rings. The molecule has 3 aromatic rings. The smallest absolute Gasteiger partial charge is 0.227 e. The van der Waals surface area contributed by atoms with E-state index in [1.807, 2.05) is 24.3 Å². The van der Waals surface area contributed by atoms with Crippen molar-refractivity contribution < 1.29 is 4.74 Å². The summed E-state index contributed by atoms with van der Waals surface area (Å²) < 4.78 is 5.45. The summed E-state index contributed by atoms with van der Waals surface area (Å²) in [6.45, 7) is 4.06. The van der Waals surface area contributed by atoms with Gasteiger partial charge >= 0.3 is 0 Å². The molecule has 4 rings (SSSR count). The van der Waals surface area contributed by atoms with Gasteiger partial charge in [-0.3, -0.25) is 4.90 Å². The van der Waals surface area contributed by atoms with Crippen LogP contribution >= 0.6 is 0 Å². The van der Waals surface area contributed by atoms with E-state index in [9.17, 15) is 0 Å². The molecule has 1 fully saturated rings. The number of morpholine rings is 1. The predicted octanol–water partition coefficient (Wildman–Crippen LogP) is 3.14. The van der Waals surface area contributed by atoms with E-state index in [2.05, 4.69) is 38.2 Å². The Morgan fingerprint density at radius 2 is 2.10 bits per heavy atom. The molecule has 1 saturated heterocycles. The zero-order valence-electron chi connectivity index (χ0n) is 17.1. The second kappa shape index (κ2) is 9.39. The normalized spacial score (nSPS) is 14.9. The van der Waals surface area contributed by atoms with E-state index in [1.54, 1.807) is 6.20 Å². The molecule has 0 unspecified atom stereocenters. The number of rotatable bonds is 6. The second-order valence-electron chi connectivity index (χ2n) is 7.31. The van der Waals surface area contributed by atoms with Crippen molar-refractivity contribution >= 4 is 34.3 Å². The highest BCUT2D eigenvalue weighted by Crippen LogP contribution is 2.24. The molecule has 156 valence electrons. The predicted molar refractivity (Wildman–Crippen MR) is 124 cm³/mol. The number of fused-ring (bicyclic) bond motifs is 1. The average molecular weight is 412 g/mol. The summed E-state index contributed by atoms with van der Waals surface area (Å²) in [6.07, 6.45) is 9.93. The molecule has 0 radical (unpaired) electrons. The van der Waals surface area contributed by atoms with Crippen molar-refractivity contribution in [3.05, 3.63) is 65.5 Å². The van der Waals surface area contributed by atoms with E-state index < -0.39 is 0 Å². The van der Waals surface area contributed by atoms with Gasteiger partial charge in [0.05, 0.1) is 18.7 Å². The van der Waals surface area contributed by atoms with Crippen molar-refractivity contribution in [2.75, 3.05) is 31.6 Å². The highest BCUT2D eigenvalue weighted by Gasteiger charge is 2.13. The first-order valence-corrected chi connectivity index (χ1v) is 10.1. The Morgan fingerprint density at radius 1 is 1.26 bits per heavy atom.